The van der Waals surface area contributed by atoms with Crippen molar-refractivity contribution in [2.75, 3.05) is 11.1 Å². The van der Waals surface area contributed by atoms with Crippen molar-refractivity contribution in [1.29, 1.82) is 0 Å². The van der Waals surface area contributed by atoms with Gasteiger partial charge in [-0.3, -0.25) is 4.79 Å². The molecule has 2 N–H and O–H groups in total. The van der Waals surface area contributed by atoms with Crippen molar-refractivity contribution in [2.24, 2.45) is 0 Å². The van der Waals surface area contributed by atoms with Gasteiger partial charge in [-0.05, 0) is 24.1 Å². The Morgan fingerprint density at radius 1 is 1.23 bits per heavy atom. The topological polar surface area (TPSA) is 83.6 Å². The van der Waals surface area contributed by atoms with Gasteiger partial charge in [0, 0.05) is 5.69 Å². The summed E-state index contributed by atoms with van der Waals surface area (Å²) in [5.41, 5.74) is 3.41. The fourth-order valence-electron chi connectivity index (χ4n) is 2.01. The van der Waals surface area contributed by atoms with E-state index in [0.29, 0.717) is 5.65 Å². The maximum absolute atomic E-state index is 12.0. The number of aromatic amines is 1. The van der Waals surface area contributed by atoms with Gasteiger partial charge in [-0.1, -0.05) is 30.8 Å². The Bertz CT molecular complexity index is 784. The number of anilines is 1. The predicted octanol–water partition coefficient (Wildman–Crippen LogP) is 2.65. The highest BCUT2D eigenvalue weighted by molar-refractivity contribution is 8.00. The lowest BCUT2D eigenvalue weighted by atomic mass is 10.1. The highest BCUT2D eigenvalue weighted by Gasteiger charge is 2.09. The third-order valence-corrected chi connectivity index (χ3v) is 4.16. The number of nitrogens with zero attached hydrogens (tertiary/aromatic N) is 3. The van der Waals surface area contributed by atoms with E-state index in [-0.39, 0.29) is 11.7 Å². The van der Waals surface area contributed by atoms with E-state index in [1.54, 1.807) is 6.33 Å². The van der Waals surface area contributed by atoms with E-state index in [4.69, 9.17) is 0 Å². The molecular formula is C15H15N5OS. The second kappa shape index (κ2) is 6.57. The first-order valence-corrected chi connectivity index (χ1v) is 7.90. The Morgan fingerprint density at radius 3 is 2.82 bits per heavy atom. The molecule has 3 aromatic rings. The molecule has 3 rings (SSSR count). The van der Waals surface area contributed by atoms with Crippen LogP contribution >= 0.6 is 11.8 Å². The number of imidazole rings is 1. The first-order valence-electron chi connectivity index (χ1n) is 6.92. The molecular weight excluding hydrogens is 298 g/mol. The summed E-state index contributed by atoms with van der Waals surface area (Å²) in [5.74, 6) is 0.209. The van der Waals surface area contributed by atoms with Crippen LogP contribution in [0.1, 0.15) is 12.5 Å². The Hall–Kier alpha value is -2.41. The molecule has 0 radical (unpaired) electrons. The van der Waals surface area contributed by atoms with Crippen LogP contribution in [0.15, 0.2) is 41.9 Å². The molecule has 0 aliphatic rings. The van der Waals surface area contributed by atoms with Crippen LogP contribution in [0, 0.1) is 0 Å². The summed E-state index contributed by atoms with van der Waals surface area (Å²) in [5, 5.41) is 3.60. The number of aromatic nitrogens is 4. The lowest BCUT2D eigenvalue weighted by molar-refractivity contribution is -0.113. The number of carbonyl (C=O) groups excluding carboxylic acids is 1. The molecule has 0 spiro atoms. The maximum atomic E-state index is 12.0. The Morgan fingerprint density at radius 2 is 2.05 bits per heavy atom. The summed E-state index contributed by atoms with van der Waals surface area (Å²) in [6, 6.07) is 7.86. The average Bonchev–Trinajstić information content (AvgIpc) is 3.03. The second-order valence-electron chi connectivity index (χ2n) is 4.67. The summed E-state index contributed by atoms with van der Waals surface area (Å²) in [6.45, 7) is 2.10. The van der Waals surface area contributed by atoms with Crippen molar-refractivity contribution in [3.8, 4) is 0 Å². The molecule has 112 valence electrons. The van der Waals surface area contributed by atoms with Crippen molar-refractivity contribution >= 4 is 34.5 Å². The zero-order valence-corrected chi connectivity index (χ0v) is 12.9. The number of rotatable bonds is 5. The number of H-pyrrole nitrogens is 1. The lowest BCUT2D eigenvalue weighted by Gasteiger charge is -2.06. The van der Waals surface area contributed by atoms with Crippen molar-refractivity contribution in [3.05, 3.63) is 42.5 Å². The normalized spacial score (nSPS) is 10.8. The lowest BCUT2D eigenvalue weighted by Crippen LogP contribution is -2.14. The monoisotopic (exact) mass is 313 g/mol. The SMILES string of the molecule is CCc1ccc(NC(=O)CSc2ncnc3nc[nH]c23)cc1. The third kappa shape index (κ3) is 3.25. The molecule has 0 atom stereocenters. The minimum absolute atomic E-state index is 0.0690. The molecule has 0 aliphatic carbocycles. The van der Waals surface area contributed by atoms with Crippen LogP contribution in [-0.4, -0.2) is 31.6 Å². The first-order chi connectivity index (χ1) is 10.8. The van der Waals surface area contributed by atoms with Crippen LogP contribution in [-0.2, 0) is 11.2 Å². The van der Waals surface area contributed by atoms with E-state index in [1.807, 2.05) is 24.3 Å². The number of thioether (sulfide) groups is 1. The number of aryl methyl sites for hydroxylation is 1. The predicted molar refractivity (Wildman–Crippen MR) is 86.9 cm³/mol. The quantitative estimate of drug-likeness (QED) is 0.559. The first kappa shape index (κ1) is 14.5. The van der Waals surface area contributed by atoms with Crippen molar-refractivity contribution in [1.82, 2.24) is 19.9 Å². The molecule has 22 heavy (non-hydrogen) atoms. The molecule has 0 saturated heterocycles. The van der Waals surface area contributed by atoms with E-state index in [9.17, 15) is 4.79 Å². The van der Waals surface area contributed by atoms with Crippen molar-refractivity contribution in [2.45, 2.75) is 18.4 Å². The molecule has 0 fully saturated rings. The Labute approximate surface area is 131 Å². The highest BCUT2D eigenvalue weighted by Crippen LogP contribution is 2.21. The van der Waals surface area contributed by atoms with E-state index >= 15 is 0 Å². The molecule has 2 aromatic heterocycles. The molecule has 6 nitrogen and oxygen atoms in total. The van der Waals surface area contributed by atoms with Crippen LogP contribution in [0.5, 0.6) is 0 Å². The highest BCUT2D eigenvalue weighted by atomic mass is 32.2. The second-order valence-corrected chi connectivity index (χ2v) is 5.63. The van der Waals surface area contributed by atoms with Gasteiger partial charge < -0.3 is 10.3 Å². The number of nitrogens with one attached hydrogen (secondary N) is 2. The van der Waals surface area contributed by atoms with Gasteiger partial charge in [0.25, 0.3) is 0 Å². The van der Waals surface area contributed by atoms with Crippen LogP contribution in [0.25, 0.3) is 11.2 Å². The van der Waals surface area contributed by atoms with Gasteiger partial charge in [-0.25, -0.2) is 15.0 Å². The Kier molecular flexibility index (Phi) is 4.34. The standard InChI is InChI=1S/C15H15N5OS/c1-2-10-3-5-11(6-4-10)20-12(21)7-22-15-13-14(17-8-16-13)18-9-19-15/h3-6,8-9H,2,7H2,1H3,(H,20,21)(H,16,17,18,19). The fourth-order valence-corrected chi connectivity index (χ4v) is 2.76. The summed E-state index contributed by atoms with van der Waals surface area (Å²) < 4.78 is 0. The minimum atomic E-state index is -0.0690. The molecule has 0 saturated carbocycles. The van der Waals surface area contributed by atoms with Gasteiger partial charge in [-0.15, -0.1) is 0 Å². The van der Waals surface area contributed by atoms with Crippen molar-refractivity contribution in [3.63, 3.8) is 0 Å². The molecule has 0 bridgehead atoms. The smallest absolute Gasteiger partial charge is 0.234 e. The van der Waals surface area contributed by atoms with Crippen LogP contribution in [0.3, 0.4) is 0 Å². The summed E-state index contributed by atoms with van der Waals surface area (Å²) in [6.07, 6.45) is 4.00. The van der Waals surface area contributed by atoms with Gasteiger partial charge in [-0.2, -0.15) is 0 Å². The number of carbonyl (C=O) groups is 1. The van der Waals surface area contributed by atoms with E-state index in [2.05, 4.69) is 32.2 Å². The number of hydrogen-bond donors (Lipinski definition) is 2. The van der Waals surface area contributed by atoms with E-state index < -0.39 is 0 Å². The van der Waals surface area contributed by atoms with Crippen molar-refractivity contribution < 1.29 is 4.79 Å². The summed E-state index contributed by atoms with van der Waals surface area (Å²) >= 11 is 1.36. The fraction of sp³-hybridized carbons (Fsp3) is 0.200. The largest absolute Gasteiger partial charge is 0.341 e. The van der Waals surface area contributed by atoms with E-state index in [1.165, 1.54) is 23.7 Å². The molecule has 2 heterocycles. The maximum Gasteiger partial charge on any atom is 0.234 e. The van der Waals surface area contributed by atoms with Gasteiger partial charge in [0.2, 0.25) is 5.91 Å². The number of benzene rings is 1. The molecule has 0 aliphatic heterocycles. The summed E-state index contributed by atoms with van der Waals surface area (Å²) in [7, 11) is 0. The van der Waals surface area contributed by atoms with Gasteiger partial charge in [0.1, 0.15) is 16.9 Å². The third-order valence-electron chi connectivity index (χ3n) is 3.17. The number of amides is 1. The Balaban J connectivity index is 1.61. The van der Waals surface area contributed by atoms with Gasteiger partial charge in [0.15, 0.2) is 5.65 Å². The average molecular weight is 313 g/mol. The molecule has 1 amide bonds. The van der Waals surface area contributed by atoms with Gasteiger partial charge in [0.05, 0.1) is 12.1 Å². The zero-order chi connectivity index (χ0) is 15.4. The number of fused-ring (bicyclic) bond motifs is 1. The van der Waals surface area contributed by atoms with Crippen LogP contribution in [0.2, 0.25) is 0 Å². The molecule has 1 aromatic carbocycles. The molecule has 0 unspecified atom stereocenters. The minimum Gasteiger partial charge on any atom is -0.341 e. The van der Waals surface area contributed by atoms with Crippen LogP contribution < -0.4 is 5.32 Å². The van der Waals surface area contributed by atoms with E-state index in [0.717, 1.165) is 22.7 Å². The van der Waals surface area contributed by atoms with Gasteiger partial charge >= 0.3 is 0 Å². The van der Waals surface area contributed by atoms with Crippen LogP contribution in [0.4, 0.5) is 5.69 Å². The molecule has 7 heteroatoms. The number of hydrogen-bond acceptors (Lipinski definition) is 5. The zero-order valence-electron chi connectivity index (χ0n) is 12.0. The summed E-state index contributed by atoms with van der Waals surface area (Å²) in [4.78, 5) is 27.3.